The molecular weight excluding hydrogens is 899 g/mol. The topological polar surface area (TPSA) is 194 Å². The number of imide groups is 1. The van der Waals surface area contributed by atoms with Gasteiger partial charge in [-0.1, -0.05) is 0 Å². The number of carbonyl (C=O) groups is 3. The first kappa shape index (κ1) is 44.9. The van der Waals surface area contributed by atoms with Crippen LogP contribution in [0.5, 0.6) is 11.5 Å². The molecule has 2 atom stereocenters. The molecule has 0 aliphatic carbocycles. The number of amides is 3. The summed E-state index contributed by atoms with van der Waals surface area (Å²) in [4.78, 5) is 64.5. The van der Waals surface area contributed by atoms with Crippen molar-refractivity contribution >= 4 is 55.9 Å². The van der Waals surface area contributed by atoms with E-state index >= 15 is 4.39 Å². The lowest BCUT2D eigenvalue weighted by molar-refractivity contribution is -0.136. The second kappa shape index (κ2) is 18.3. The van der Waals surface area contributed by atoms with Crippen molar-refractivity contribution in [2.24, 2.45) is 5.92 Å². The number of rotatable bonds is 11. The van der Waals surface area contributed by atoms with Crippen molar-refractivity contribution in [2.45, 2.75) is 50.9 Å². The van der Waals surface area contributed by atoms with Gasteiger partial charge < -0.3 is 19.4 Å². The zero-order valence-corrected chi connectivity index (χ0v) is 37.8. The summed E-state index contributed by atoms with van der Waals surface area (Å²) in [6.07, 6.45) is 2.82. The summed E-state index contributed by atoms with van der Waals surface area (Å²) in [7, 11) is -4.24. The number of fused-ring (bicyclic) bond motifs is 2. The number of halogens is 2. The number of nitrogens with one attached hydrogen (secondary N) is 2. The van der Waals surface area contributed by atoms with E-state index in [9.17, 15) is 37.2 Å². The zero-order chi connectivity index (χ0) is 47.3. The van der Waals surface area contributed by atoms with Gasteiger partial charge in [0.15, 0.2) is 11.6 Å². The molecule has 5 aliphatic heterocycles. The van der Waals surface area contributed by atoms with Gasteiger partial charge in [-0.15, -0.1) is 0 Å². The van der Waals surface area contributed by atoms with Crippen LogP contribution >= 0.6 is 0 Å². The van der Waals surface area contributed by atoms with Crippen molar-refractivity contribution in [3.05, 3.63) is 112 Å². The van der Waals surface area contributed by atoms with Crippen molar-refractivity contribution in [1.82, 2.24) is 29.0 Å². The molecule has 4 saturated heterocycles. The quantitative estimate of drug-likeness (QED) is 0.174. The predicted octanol–water partition coefficient (Wildman–Crippen LogP) is 4.69. The van der Waals surface area contributed by atoms with E-state index in [0.29, 0.717) is 35.7 Å². The van der Waals surface area contributed by atoms with Crippen LogP contribution in [0.2, 0.25) is 0 Å². The Balaban J connectivity index is 0.733. The minimum absolute atomic E-state index is 0.0165. The number of piperazine rings is 1. The molecule has 68 heavy (non-hydrogen) atoms. The van der Waals surface area contributed by atoms with Crippen molar-refractivity contribution in [2.75, 3.05) is 73.4 Å². The van der Waals surface area contributed by atoms with Crippen LogP contribution < -0.4 is 30.1 Å². The Labute approximate surface area is 390 Å². The van der Waals surface area contributed by atoms with Gasteiger partial charge in [0.2, 0.25) is 11.8 Å². The van der Waals surface area contributed by atoms with Gasteiger partial charge in [0.05, 0.1) is 22.3 Å². The van der Waals surface area contributed by atoms with Gasteiger partial charge >= 0.3 is 10.2 Å². The van der Waals surface area contributed by atoms with Crippen molar-refractivity contribution in [3.63, 3.8) is 0 Å². The molecule has 352 valence electrons. The average Bonchev–Trinajstić information content (AvgIpc) is 3.93. The highest BCUT2D eigenvalue weighted by atomic mass is 32.2. The molecule has 5 aliphatic rings. The summed E-state index contributed by atoms with van der Waals surface area (Å²) in [5.74, 6) is -1.78. The molecule has 4 aromatic carbocycles. The smallest absolute Gasteiger partial charge is 0.301 e. The molecule has 6 heterocycles. The highest BCUT2D eigenvalue weighted by Crippen LogP contribution is 2.36. The average molecular weight is 947 g/mol. The van der Waals surface area contributed by atoms with Gasteiger partial charge in [0.1, 0.15) is 35.9 Å². The van der Waals surface area contributed by atoms with Gasteiger partial charge in [-0.25, -0.2) is 13.8 Å². The van der Waals surface area contributed by atoms with Gasteiger partial charge in [0.25, 0.3) is 11.5 Å². The minimum Gasteiger partial charge on any atom is -0.453 e. The molecule has 2 N–H and O–H groups in total. The lowest BCUT2D eigenvalue weighted by Gasteiger charge is -2.40. The third kappa shape index (κ3) is 8.84. The third-order valence-electron chi connectivity index (χ3n) is 13.7. The molecule has 1 aromatic heterocycles. The van der Waals surface area contributed by atoms with Crippen molar-refractivity contribution < 1.29 is 36.3 Å². The van der Waals surface area contributed by atoms with Gasteiger partial charge in [-0.3, -0.25) is 38.7 Å². The summed E-state index contributed by atoms with van der Waals surface area (Å²) in [6.45, 7) is 6.41. The molecule has 1 unspecified atom stereocenters. The van der Waals surface area contributed by atoms with Crippen molar-refractivity contribution in [3.8, 4) is 23.3 Å². The number of aromatic nitrogens is 2. The van der Waals surface area contributed by atoms with Crippen LogP contribution in [-0.4, -0.2) is 121 Å². The summed E-state index contributed by atoms with van der Waals surface area (Å²) in [5.41, 5.74) is 3.51. The Morgan fingerprint density at radius 1 is 0.838 bits per heavy atom. The second-order valence-electron chi connectivity index (χ2n) is 17.9. The Morgan fingerprint density at radius 3 is 2.29 bits per heavy atom. The summed E-state index contributed by atoms with van der Waals surface area (Å²) in [5, 5.41) is 12.5. The van der Waals surface area contributed by atoms with Crippen LogP contribution in [0, 0.1) is 23.1 Å². The number of hydrogen-bond donors (Lipinski definition) is 2. The van der Waals surface area contributed by atoms with Gasteiger partial charge in [-0.05, 0) is 110 Å². The van der Waals surface area contributed by atoms with E-state index in [0.717, 1.165) is 92.0 Å². The highest BCUT2D eigenvalue weighted by Gasteiger charge is 2.39. The maximum absolute atomic E-state index is 15.2. The molecule has 0 saturated carbocycles. The molecule has 4 fully saturated rings. The van der Waals surface area contributed by atoms with E-state index in [1.165, 1.54) is 29.1 Å². The maximum atomic E-state index is 15.2. The number of anilines is 3. The maximum Gasteiger partial charge on any atom is 0.301 e. The molecule has 3 amide bonds. The number of alkyl halides is 1. The summed E-state index contributed by atoms with van der Waals surface area (Å²) >= 11 is 0. The van der Waals surface area contributed by atoms with E-state index in [2.05, 4.69) is 35.8 Å². The summed E-state index contributed by atoms with van der Waals surface area (Å²) < 4.78 is 65.2. The second-order valence-corrected chi connectivity index (χ2v) is 19.6. The molecule has 0 bridgehead atoms. The fraction of sp³-hybridized carbons (Fsp3) is 0.375. The van der Waals surface area contributed by atoms with E-state index in [1.807, 2.05) is 36.4 Å². The van der Waals surface area contributed by atoms with Crippen LogP contribution in [0.1, 0.15) is 53.6 Å². The molecule has 0 radical (unpaired) electrons. The SMILES string of the molecule is N#Cc1c(NS(=O)(=O)N2CC[C@@H](F)C2)ccc(F)c1Oc1ccc2ncn(-c3ccc(N4CCC(CN5CCN(c6ccc7c(c6)CN(C6CCC(=O)NC6=O)C7=O)CC5)CC4)cc3)c(=O)c2c1. The minimum atomic E-state index is -4.24. The van der Waals surface area contributed by atoms with Crippen LogP contribution in [-0.2, 0) is 26.3 Å². The summed E-state index contributed by atoms with van der Waals surface area (Å²) in [6, 6.07) is 21.2. The Morgan fingerprint density at radius 2 is 1.57 bits per heavy atom. The molecular formula is C48H48F2N10O7S. The Hall–Kier alpha value is -6.95. The fourth-order valence-electron chi connectivity index (χ4n) is 9.94. The van der Waals surface area contributed by atoms with E-state index in [4.69, 9.17) is 4.74 Å². The fourth-order valence-corrected chi connectivity index (χ4v) is 11.2. The van der Waals surface area contributed by atoms with Gasteiger partial charge in [0, 0.05) is 88.8 Å². The molecule has 0 spiro atoms. The zero-order valence-electron chi connectivity index (χ0n) is 36.9. The number of ether oxygens (including phenoxy) is 1. The van der Waals surface area contributed by atoms with Crippen LogP contribution in [0.15, 0.2) is 83.9 Å². The number of benzene rings is 4. The Bertz CT molecular complexity index is 3040. The Kier molecular flexibility index (Phi) is 12.1. The molecule has 17 nitrogen and oxygen atoms in total. The number of nitrogens with zero attached hydrogens (tertiary/aromatic N) is 8. The monoisotopic (exact) mass is 946 g/mol. The van der Waals surface area contributed by atoms with E-state index in [-0.39, 0.29) is 54.6 Å². The predicted molar refractivity (Wildman–Crippen MR) is 248 cm³/mol. The largest absolute Gasteiger partial charge is 0.453 e. The standard InChI is InChI=1S/C48H48F2N10O7S/c49-32-15-18-58(28-32)68(65,66)54-42-10-8-40(50)45(39(42)25-51)67-36-6-9-41-38(24-36)48(64)60(29-52-41)34-3-1-33(2-4-34)56-16-13-30(14-17-56)26-55-19-21-57(22-20-55)35-5-7-37-31(23-35)27-59(47(37)63)43-11-12-44(61)53-46(43)62/h1-10,23-24,29-30,32,43,54H,11-22,26-28H2,(H,53,61,62)/t32-,43?/m1/s1. The third-order valence-corrected chi connectivity index (χ3v) is 15.2. The van der Waals surface area contributed by atoms with Crippen LogP contribution in [0.4, 0.5) is 25.8 Å². The number of nitriles is 1. The number of carbonyl (C=O) groups excluding carboxylic acids is 3. The highest BCUT2D eigenvalue weighted by molar-refractivity contribution is 7.90. The first-order chi connectivity index (χ1) is 32.8. The first-order valence-electron chi connectivity index (χ1n) is 22.8. The van der Waals surface area contributed by atoms with Crippen molar-refractivity contribution in [1.29, 1.82) is 5.26 Å². The lowest BCUT2D eigenvalue weighted by Crippen LogP contribution is -2.52. The molecule has 20 heteroatoms. The number of hydrogen-bond acceptors (Lipinski definition) is 12. The van der Waals surface area contributed by atoms with E-state index < -0.39 is 51.0 Å². The molecule has 10 rings (SSSR count). The molecule has 5 aromatic rings. The normalized spacial score (nSPS) is 20.7. The first-order valence-corrected chi connectivity index (χ1v) is 24.2. The van der Waals surface area contributed by atoms with Crippen LogP contribution in [0.3, 0.4) is 0 Å². The van der Waals surface area contributed by atoms with Crippen LogP contribution in [0.25, 0.3) is 16.6 Å². The number of piperidine rings is 2. The van der Waals surface area contributed by atoms with Gasteiger partial charge in [-0.2, -0.15) is 18.0 Å². The van der Waals surface area contributed by atoms with E-state index in [1.54, 1.807) is 11.0 Å². The lowest BCUT2D eigenvalue weighted by atomic mass is 9.95.